The van der Waals surface area contributed by atoms with Crippen molar-refractivity contribution in [3.05, 3.63) is 40.6 Å². The van der Waals surface area contributed by atoms with Crippen LogP contribution in [-0.4, -0.2) is 29.3 Å². The fraction of sp³-hybridized carbons (Fsp3) is 0.375. The van der Waals surface area contributed by atoms with Gasteiger partial charge in [-0.05, 0) is 25.3 Å². The summed E-state index contributed by atoms with van der Waals surface area (Å²) in [5.41, 5.74) is 1.49. The molecule has 1 amide bonds. The van der Waals surface area contributed by atoms with Crippen molar-refractivity contribution < 1.29 is 14.4 Å². The van der Waals surface area contributed by atoms with Crippen LogP contribution in [0, 0.1) is 12.8 Å². The Morgan fingerprint density at radius 2 is 2.18 bits per heavy atom. The zero-order chi connectivity index (χ0) is 16.1. The Balaban J connectivity index is 2.23. The van der Waals surface area contributed by atoms with Gasteiger partial charge >= 0.3 is 0 Å². The number of aryl methyl sites for hydroxylation is 1. The third-order valence-electron chi connectivity index (χ3n) is 3.45. The number of amides is 1. The maximum absolute atomic E-state index is 12.4. The van der Waals surface area contributed by atoms with Crippen molar-refractivity contribution in [2.75, 3.05) is 13.2 Å². The molecule has 0 aliphatic rings. The Morgan fingerprint density at radius 3 is 2.86 bits per heavy atom. The third-order valence-corrected chi connectivity index (χ3v) is 3.78. The smallest absolute Gasteiger partial charge is 0.257 e. The molecule has 1 heterocycles. The molecule has 1 aromatic carbocycles. The van der Waals surface area contributed by atoms with Gasteiger partial charge in [-0.15, -0.1) is 0 Å². The topological polar surface area (TPSA) is 75.4 Å². The van der Waals surface area contributed by atoms with Gasteiger partial charge in [-0.25, -0.2) is 0 Å². The standard InChI is InChI=1S/C16H19ClN2O3/c1-10(7-8-20)9-18-16(21)14-11(2)22-19-15(14)12-5-3-4-6-13(12)17/h3-6,10,20H,7-9H2,1-2H3,(H,18,21). The van der Waals surface area contributed by atoms with Gasteiger partial charge in [0.15, 0.2) is 0 Å². The van der Waals surface area contributed by atoms with Crippen LogP contribution in [0.4, 0.5) is 0 Å². The minimum absolute atomic E-state index is 0.105. The van der Waals surface area contributed by atoms with Crippen molar-refractivity contribution in [2.24, 2.45) is 5.92 Å². The molecule has 22 heavy (non-hydrogen) atoms. The SMILES string of the molecule is Cc1onc(-c2ccccc2Cl)c1C(=O)NCC(C)CCO. The molecular formula is C16H19ClN2O3. The molecule has 0 aliphatic heterocycles. The Kier molecular flexibility index (Phi) is 5.57. The molecule has 1 aromatic heterocycles. The van der Waals surface area contributed by atoms with E-state index >= 15 is 0 Å². The first-order valence-corrected chi connectivity index (χ1v) is 7.52. The van der Waals surface area contributed by atoms with E-state index in [1.54, 1.807) is 19.1 Å². The Labute approximate surface area is 134 Å². The number of carbonyl (C=O) groups is 1. The number of aliphatic hydroxyl groups is 1. The van der Waals surface area contributed by atoms with Gasteiger partial charge in [0.05, 0.1) is 5.02 Å². The van der Waals surface area contributed by atoms with Gasteiger partial charge in [-0.3, -0.25) is 4.79 Å². The molecule has 0 fully saturated rings. The van der Waals surface area contributed by atoms with Crippen LogP contribution in [0.1, 0.15) is 29.5 Å². The summed E-state index contributed by atoms with van der Waals surface area (Å²) < 4.78 is 5.17. The lowest BCUT2D eigenvalue weighted by Crippen LogP contribution is -2.29. The zero-order valence-corrected chi connectivity index (χ0v) is 13.4. The first kappa shape index (κ1) is 16.5. The van der Waals surface area contributed by atoms with Crippen LogP contribution >= 0.6 is 11.6 Å². The highest BCUT2D eigenvalue weighted by molar-refractivity contribution is 6.33. The summed E-state index contributed by atoms with van der Waals surface area (Å²) in [6.45, 7) is 4.24. The molecule has 1 atom stereocenters. The number of carbonyl (C=O) groups excluding carboxylic acids is 1. The summed E-state index contributed by atoms with van der Waals surface area (Å²) >= 11 is 6.17. The summed E-state index contributed by atoms with van der Waals surface area (Å²) in [7, 11) is 0. The van der Waals surface area contributed by atoms with Gasteiger partial charge in [0.2, 0.25) is 0 Å². The van der Waals surface area contributed by atoms with Crippen LogP contribution < -0.4 is 5.32 Å². The highest BCUT2D eigenvalue weighted by Crippen LogP contribution is 2.30. The maximum Gasteiger partial charge on any atom is 0.257 e. The number of hydrogen-bond acceptors (Lipinski definition) is 4. The van der Waals surface area contributed by atoms with E-state index in [1.807, 2.05) is 19.1 Å². The molecule has 0 bridgehead atoms. The molecule has 0 saturated heterocycles. The molecule has 2 aromatic rings. The minimum atomic E-state index is -0.251. The number of aromatic nitrogens is 1. The van der Waals surface area contributed by atoms with E-state index in [0.29, 0.717) is 40.6 Å². The number of nitrogens with one attached hydrogen (secondary N) is 1. The van der Waals surface area contributed by atoms with E-state index in [2.05, 4.69) is 10.5 Å². The second-order valence-corrected chi connectivity index (χ2v) is 5.68. The highest BCUT2D eigenvalue weighted by Gasteiger charge is 2.23. The van der Waals surface area contributed by atoms with Crippen molar-refractivity contribution in [2.45, 2.75) is 20.3 Å². The Hall–Kier alpha value is -1.85. The summed E-state index contributed by atoms with van der Waals surface area (Å²) in [5.74, 6) is 0.388. The molecule has 0 aliphatic carbocycles. The predicted molar refractivity (Wildman–Crippen MR) is 84.9 cm³/mol. The van der Waals surface area contributed by atoms with Crippen molar-refractivity contribution in [3.8, 4) is 11.3 Å². The Bertz CT molecular complexity index is 655. The van der Waals surface area contributed by atoms with Crippen molar-refractivity contribution in [1.29, 1.82) is 0 Å². The van der Waals surface area contributed by atoms with Gasteiger partial charge in [-0.2, -0.15) is 0 Å². The Morgan fingerprint density at radius 1 is 1.45 bits per heavy atom. The van der Waals surface area contributed by atoms with Crippen molar-refractivity contribution in [3.63, 3.8) is 0 Å². The molecule has 6 heteroatoms. The van der Waals surface area contributed by atoms with Gasteiger partial charge in [0.1, 0.15) is 17.0 Å². The third kappa shape index (κ3) is 3.67. The second-order valence-electron chi connectivity index (χ2n) is 5.27. The van der Waals surface area contributed by atoms with E-state index in [1.165, 1.54) is 0 Å². The monoisotopic (exact) mass is 322 g/mol. The quantitative estimate of drug-likeness (QED) is 0.857. The number of benzene rings is 1. The van der Waals surface area contributed by atoms with E-state index in [4.69, 9.17) is 21.2 Å². The molecule has 2 rings (SSSR count). The average molecular weight is 323 g/mol. The predicted octanol–water partition coefficient (Wildman–Crippen LogP) is 3.05. The van der Waals surface area contributed by atoms with E-state index < -0.39 is 0 Å². The molecule has 1 unspecified atom stereocenters. The molecule has 0 radical (unpaired) electrons. The lowest BCUT2D eigenvalue weighted by Gasteiger charge is -2.11. The number of hydrogen-bond donors (Lipinski definition) is 2. The maximum atomic E-state index is 12.4. The van der Waals surface area contributed by atoms with Crippen LogP contribution in [0.15, 0.2) is 28.8 Å². The normalized spacial score (nSPS) is 12.2. The van der Waals surface area contributed by atoms with Gasteiger partial charge < -0.3 is 14.9 Å². The van der Waals surface area contributed by atoms with Crippen LogP contribution in [0.25, 0.3) is 11.3 Å². The van der Waals surface area contributed by atoms with Crippen molar-refractivity contribution in [1.82, 2.24) is 10.5 Å². The molecule has 5 nitrogen and oxygen atoms in total. The van der Waals surface area contributed by atoms with E-state index in [9.17, 15) is 4.79 Å². The van der Waals surface area contributed by atoms with E-state index in [0.717, 1.165) is 0 Å². The number of nitrogens with zero attached hydrogens (tertiary/aromatic N) is 1. The largest absolute Gasteiger partial charge is 0.396 e. The number of halogens is 1. The summed E-state index contributed by atoms with van der Waals surface area (Å²) in [4.78, 5) is 12.4. The van der Waals surface area contributed by atoms with Crippen LogP contribution in [0.2, 0.25) is 5.02 Å². The lowest BCUT2D eigenvalue weighted by atomic mass is 10.0. The van der Waals surface area contributed by atoms with Gasteiger partial charge in [0, 0.05) is 18.7 Å². The fourth-order valence-electron chi connectivity index (χ4n) is 2.15. The number of rotatable bonds is 6. The first-order chi connectivity index (χ1) is 10.5. The molecule has 118 valence electrons. The highest BCUT2D eigenvalue weighted by atomic mass is 35.5. The number of aliphatic hydroxyl groups excluding tert-OH is 1. The minimum Gasteiger partial charge on any atom is -0.396 e. The summed E-state index contributed by atoms with van der Waals surface area (Å²) in [6, 6.07) is 7.18. The van der Waals surface area contributed by atoms with Crippen LogP contribution in [0.3, 0.4) is 0 Å². The van der Waals surface area contributed by atoms with Crippen molar-refractivity contribution >= 4 is 17.5 Å². The zero-order valence-electron chi connectivity index (χ0n) is 12.6. The van der Waals surface area contributed by atoms with Gasteiger partial charge in [-0.1, -0.05) is 41.9 Å². The molecule has 0 saturated carbocycles. The lowest BCUT2D eigenvalue weighted by molar-refractivity contribution is 0.0944. The van der Waals surface area contributed by atoms with Crippen LogP contribution in [0.5, 0.6) is 0 Å². The van der Waals surface area contributed by atoms with Gasteiger partial charge in [0.25, 0.3) is 5.91 Å². The van der Waals surface area contributed by atoms with E-state index in [-0.39, 0.29) is 18.4 Å². The first-order valence-electron chi connectivity index (χ1n) is 7.14. The molecule has 0 spiro atoms. The fourth-order valence-corrected chi connectivity index (χ4v) is 2.38. The molecule has 2 N–H and O–H groups in total. The second kappa shape index (κ2) is 7.42. The molecular weight excluding hydrogens is 304 g/mol. The summed E-state index contributed by atoms with van der Waals surface area (Å²) in [5, 5.41) is 16.2. The average Bonchev–Trinajstić information content (AvgIpc) is 2.87. The van der Waals surface area contributed by atoms with Crippen LogP contribution in [-0.2, 0) is 0 Å². The summed E-state index contributed by atoms with van der Waals surface area (Å²) in [6.07, 6.45) is 0.639.